The van der Waals surface area contributed by atoms with E-state index in [0.29, 0.717) is 5.13 Å². The van der Waals surface area contributed by atoms with E-state index < -0.39 is 5.82 Å². The molecule has 0 unspecified atom stereocenters. The van der Waals surface area contributed by atoms with Crippen LogP contribution in [0.3, 0.4) is 0 Å². The lowest BCUT2D eigenvalue weighted by molar-refractivity contribution is -0.118. The fourth-order valence-electron chi connectivity index (χ4n) is 1.39. The van der Waals surface area contributed by atoms with Gasteiger partial charge >= 0.3 is 0 Å². The van der Waals surface area contributed by atoms with Crippen molar-refractivity contribution in [2.45, 2.75) is 13.8 Å². The Labute approximate surface area is 114 Å². The van der Waals surface area contributed by atoms with Crippen LogP contribution >= 0.6 is 11.3 Å². The topological polar surface area (TPSA) is 51.2 Å². The van der Waals surface area contributed by atoms with Crippen molar-refractivity contribution in [1.82, 2.24) is 4.98 Å². The number of aromatic nitrogens is 1. The van der Waals surface area contributed by atoms with Crippen molar-refractivity contribution in [2.75, 3.05) is 11.9 Å². The number of halogens is 1. The fourth-order valence-corrected chi connectivity index (χ4v) is 2.22. The summed E-state index contributed by atoms with van der Waals surface area (Å²) in [7, 11) is 0. The first kappa shape index (κ1) is 13.5. The zero-order valence-corrected chi connectivity index (χ0v) is 11.4. The van der Waals surface area contributed by atoms with Gasteiger partial charge in [0.05, 0.1) is 5.69 Å². The van der Waals surface area contributed by atoms with Gasteiger partial charge in [0.2, 0.25) is 0 Å². The van der Waals surface area contributed by atoms with Gasteiger partial charge in [-0.25, -0.2) is 9.37 Å². The predicted octanol–water partition coefficient (Wildman–Crippen LogP) is 2.92. The quantitative estimate of drug-likeness (QED) is 0.936. The molecule has 1 heterocycles. The van der Waals surface area contributed by atoms with E-state index in [9.17, 15) is 9.18 Å². The third-order valence-electron chi connectivity index (χ3n) is 2.47. The van der Waals surface area contributed by atoms with Crippen molar-refractivity contribution >= 4 is 22.4 Å². The predicted molar refractivity (Wildman–Crippen MR) is 72.1 cm³/mol. The number of rotatable bonds is 4. The van der Waals surface area contributed by atoms with Crippen molar-refractivity contribution in [2.24, 2.45) is 0 Å². The van der Waals surface area contributed by atoms with Gasteiger partial charge in [0.25, 0.3) is 5.91 Å². The lowest BCUT2D eigenvalue weighted by Gasteiger charge is -2.06. The molecule has 0 aliphatic rings. The molecule has 1 N–H and O–H groups in total. The van der Waals surface area contributed by atoms with Gasteiger partial charge in [0, 0.05) is 4.88 Å². The summed E-state index contributed by atoms with van der Waals surface area (Å²) in [5.41, 5.74) is 0.885. The van der Waals surface area contributed by atoms with Crippen LogP contribution in [0, 0.1) is 19.7 Å². The molecule has 0 bridgehead atoms. The van der Waals surface area contributed by atoms with Gasteiger partial charge in [0.1, 0.15) is 0 Å². The number of hydrogen-bond acceptors (Lipinski definition) is 4. The van der Waals surface area contributed by atoms with E-state index in [1.54, 1.807) is 12.1 Å². The second-order valence-electron chi connectivity index (χ2n) is 3.93. The Bertz CT molecular complexity index is 579. The average molecular weight is 280 g/mol. The lowest BCUT2D eigenvalue weighted by Crippen LogP contribution is -2.20. The average Bonchev–Trinajstić information content (AvgIpc) is 2.67. The van der Waals surface area contributed by atoms with E-state index in [2.05, 4.69) is 10.3 Å². The fraction of sp³-hybridized carbons (Fsp3) is 0.231. The van der Waals surface area contributed by atoms with Gasteiger partial charge in [-0.2, -0.15) is 0 Å². The number of para-hydroxylation sites is 1. The number of ether oxygens (including phenoxy) is 1. The molecular formula is C13H13FN2O2S. The van der Waals surface area contributed by atoms with Crippen LogP contribution in [0.5, 0.6) is 5.75 Å². The highest BCUT2D eigenvalue weighted by atomic mass is 32.1. The summed E-state index contributed by atoms with van der Waals surface area (Å²) < 4.78 is 18.4. The van der Waals surface area contributed by atoms with Crippen LogP contribution in [0.1, 0.15) is 10.6 Å². The highest BCUT2D eigenvalue weighted by Crippen LogP contribution is 2.21. The summed E-state index contributed by atoms with van der Waals surface area (Å²) in [5.74, 6) is -0.794. The number of anilines is 1. The molecule has 0 fully saturated rings. The monoisotopic (exact) mass is 280 g/mol. The van der Waals surface area contributed by atoms with Crippen LogP contribution in [0.2, 0.25) is 0 Å². The van der Waals surface area contributed by atoms with Crippen LogP contribution in [0.25, 0.3) is 0 Å². The molecule has 0 saturated carbocycles. The SMILES string of the molecule is Cc1nc(NC(=O)COc2ccccc2F)sc1C. The minimum Gasteiger partial charge on any atom is -0.481 e. The number of hydrogen-bond donors (Lipinski definition) is 1. The number of benzene rings is 1. The first-order valence-electron chi connectivity index (χ1n) is 5.67. The zero-order chi connectivity index (χ0) is 13.8. The molecule has 0 aliphatic carbocycles. The Morgan fingerprint density at radius 3 is 2.79 bits per heavy atom. The van der Waals surface area contributed by atoms with E-state index in [0.717, 1.165) is 10.6 Å². The largest absolute Gasteiger partial charge is 0.481 e. The van der Waals surface area contributed by atoms with Gasteiger partial charge < -0.3 is 4.74 Å². The standard InChI is InChI=1S/C13H13FN2O2S/c1-8-9(2)19-13(15-8)16-12(17)7-18-11-6-4-3-5-10(11)14/h3-6H,7H2,1-2H3,(H,15,16,17). The first-order chi connectivity index (χ1) is 9.06. The minimum absolute atomic E-state index is 0.0594. The molecule has 1 aromatic heterocycles. The smallest absolute Gasteiger partial charge is 0.264 e. The lowest BCUT2D eigenvalue weighted by atomic mass is 10.3. The second kappa shape index (κ2) is 5.79. The third kappa shape index (κ3) is 3.51. The van der Waals surface area contributed by atoms with Gasteiger partial charge in [0.15, 0.2) is 23.3 Å². The molecule has 1 amide bonds. The molecule has 2 aromatic rings. The van der Waals surface area contributed by atoms with E-state index in [1.165, 1.54) is 23.5 Å². The Balaban J connectivity index is 1.90. The van der Waals surface area contributed by atoms with Crippen molar-refractivity contribution in [3.8, 4) is 5.75 Å². The number of aryl methyl sites for hydroxylation is 2. The maximum absolute atomic E-state index is 13.3. The van der Waals surface area contributed by atoms with Gasteiger partial charge in [-0.1, -0.05) is 12.1 Å². The van der Waals surface area contributed by atoms with Crippen LogP contribution in [-0.4, -0.2) is 17.5 Å². The van der Waals surface area contributed by atoms with Crippen molar-refractivity contribution in [3.63, 3.8) is 0 Å². The molecule has 1 aromatic carbocycles. The van der Waals surface area contributed by atoms with E-state index in [4.69, 9.17) is 4.74 Å². The normalized spacial score (nSPS) is 10.3. The summed E-state index contributed by atoms with van der Waals surface area (Å²) in [6.07, 6.45) is 0. The number of thiazole rings is 1. The van der Waals surface area contributed by atoms with Crippen LogP contribution in [0.4, 0.5) is 9.52 Å². The van der Waals surface area contributed by atoms with Crippen molar-refractivity contribution < 1.29 is 13.9 Å². The molecule has 0 aliphatic heterocycles. The molecule has 6 heteroatoms. The number of nitrogens with one attached hydrogen (secondary N) is 1. The van der Waals surface area contributed by atoms with Crippen LogP contribution in [0.15, 0.2) is 24.3 Å². The molecule has 4 nitrogen and oxygen atoms in total. The Hall–Kier alpha value is -1.95. The molecule has 0 atom stereocenters. The Morgan fingerprint density at radius 1 is 1.42 bits per heavy atom. The second-order valence-corrected chi connectivity index (χ2v) is 5.13. The zero-order valence-electron chi connectivity index (χ0n) is 10.6. The minimum atomic E-state index is -0.490. The summed E-state index contributed by atoms with van der Waals surface area (Å²) in [5, 5.41) is 3.14. The maximum atomic E-state index is 13.3. The molecule has 0 radical (unpaired) electrons. The van der Waals surface area contributed by atoms with Gasteiger partial charge in [-0.3, -0.25) is 10.1 Å². The van der Waals surface area contributed by atoms with E-state index in [-0.39, 0.29) is 18.3 Å². The summed E-state index contributed by atoms with van der Waals surface area (Å²) in [6, 6.07) is 5.95. The van der Waals surface area contributed by atoms with Gasteiger partial charge in [-0.15, -0.1) is 11.3 Å². The molecular weight excluding hydrogens is 267 g/mol. The van der Waals surface area contributed by atoms with Gasteiger partial charge in [-0.05, 0) is 26.0 Å². The summed E-state index contributed by atoms with van der Waals surface area (Å²) in [4.78, 5) is 16.9. The number of nitrogens with zero attached hydrogens (tertiary/aromatic N) is 1. The van der Waals surface area contributed by atoms with E-state index >= 15 is 0 Å². The molecule has 100 valence electrons. The van der Waals surface area contributed by atoms with E-state index in [1.807, 2.05) is 13.8 Å². The summed E-state index contributed by atoms with van der Waals surface area (Å²) in [6.45, 7) is 3.55. The highest BCUT2D eigenvalue weighted by molar-refractivity contribution is 7.15. The number of carbonyl (C=O) groups excluding carboxylic acids is 1. The molecule has 19 heavy (non-hydrogen) atoms. The maximum Gasteiger partial charge on any atom is 0.264 e. The van der Waals surface area contributed by atoms with Crippen molar-refractivity contribution in [3.05, 3.63) is 40.7 Å². The third-order valence-corrected chi connectivity index (χ3v) is 3.46. The number of carbonyl (C=O) groups is 1. The highest BCUT2D eigenvalue weighted by Gasteiger charge is 2.09. The molecule has 2 rings (SSSR count). The summed E-state index contributed by atoms with van der Waals surface area (Å²) >= 11 is 1.39. The Morgan fingerprint density at radius 2 is 2.16 bits per heavy atom. The molecule has 0 spiro atoms. The number of amides is 1. The molecule has 0 saturated heterocycles. The Kier molecular flexibility index (Phi) is 4.11. The first-order valence-corrected chi connectivity index (χ1v) is 6.49. The van der Waals surface area contributed by atoms with Crippen molar-refractivity contribution in [1.29, 1.82) is 0 Å². The van der Waals surface area contributed by atoms with Crippen LogP contribution in [-0.2, 0) is 4.79 Å². The van der Waals surface area contributed by atoms with Crippen LogP contribution < -0.4 is 10.1 Å².